The molecular weight excluding hydrogens is 1650 g/mol. The van der Waals surface area contributed by atoms with Gasteiger partial charge in [0.05, 0.1) is 56.5 Å². The smallest absolute Gasteiger partial charge is 0.187 e. The maximum Gasteiger partial charge on any atom is 0.187 e. The Labute approximate surface area is 697 Å². The molecule has 0 spiro atoms. The zero-order valence-corrected chi connectivity index (χ0v) is 71.0. The average Bonchev–Trinajstić information content (AvgIpc) is 1.58. The number of para-hydroxylation sites is 8. The summed E-state index contributed by atoms with van der Waals surface area (Å²) >= 11 is 1.87. The van der Waals surface area contributed by atoms with Crippen molar-refractivity contribution in [2.75, 3.05) is 13.3 Å². The van der Waals surface area contributed by atoms with Crippen LogP contribution in [0.5, 0.6) is 0 Å². The molecule has 0 fully saturated rings. The van der Waals surface area contributed by atoms with Gasteiger partial charge in [-0.25, -0.2) is 4.85 Å². The second kappa shape index (κ2) is 33.0. The summed E-state index contributed by atoms with van der Waals surface area (Å²) in [6, 6.07) is 125. The van der Waals surface area contributed by atoms with Gasteiger partial charge >= 0.3 is 0 Å². The Balaban J connectivity index is 0.000000122. The number of rotatable bonds is 12. The average molecular weight is 1730 g/mol. The van der Waals surface area contributed by atoms with Crippen molar-refractivity contribution in [1.29, 1.82) is 0 Å². The molecule has 0 amide bonds. The summed E-state index contributed by atoms with van der Waals surface area (Å²) in [5, 5.41) is 22.3. The predicted octanol–water partition coefficient (Wildman–Crippen LogP) is 29.0. The Hall–Kier alpha value is -12.1. The van der Waals surface area contributed by atoms with E-state index in [0.717, 1.165) is 58.0 Å². The third-order valence-corrected chi connectivity index (χ3v) is 22.8. The van der Waals surface area contributed by atoms with E-state index in [1.165, 1.54) is 141 Å². The fourth-order valence-corrected chi connectivity index (χ4v) is 18.0. The number of fused-ring (bicyclic) bond motifs is 15. The molecule has 116 heavy (non-hydrogen) atoms. The first-order valence-corrected chi connectivity index (χ1v) is 44.1. The van der Waals surface area contributed by atoms with Crippen LogP contribution in [0.15, 0.2) is 340 Å². The van der Waals surface area contributed by atoms with Crippen molar-refractivity contribution < 1.29 is 20.1 Å². The number of benzene rings is 15. The minimum absolute atomic E-state index is 0. The van der Waals surface area contributed by atoms with E-state index in [1.807, 2.05) is 59.9 Å². The van der Waals surface area contributed by atoms with E-state index >= 15 is 0 Å². The third-order valence-electron chi connectivity index (χ3n) is 21.7. The van der Waals surface area contributed by atoms with Gasteiger partial charge in [-0.15, -0.1) is 61.3 Å². The molecule has 8 nitrogen and oxygen atoms in total. The molecule has 0 aliphatic rings. The van der Waals surface area contributed by atoms with Gasteiger partial charge in [-0.1, -0.05) is 229 Å². The molecule has 567 valence electrons. The third kappa shape index (κ3) is 14.4. The van der Waals surface area contributed by atoms with Crippen LogP contribution < -0.4 is 0 Å². The minimum atomic E-state index is 0. The predicted molar refractivity (Wildman–Crippen MR) is 496 cm³/mol. The standard InChI is InChI=1S/C36H22N2S.C36H24N2.C30H31N4.C2H8P2.Ir/c1-5-13-31-25(9-1)26-10-2-6-14-32(26)37(31)23-17-19-35-29(21-23)30-22-24(18-20-36(30)39-35)38-33-15-7-3-11-27(33)28-12-4-8-16-34(28)38;1-3-11-27(12-4-1)37-33-17-9-7-15-29(33)31-23-25(19-21-35(31)37)26-20-22-36-32(24-26)30-16-8-10-18-34(30)38(36)28-13-5-2-6-14-28;1-20(2)16-24-18-26(31-6)19-25(17-21(3)4)28(24)34-29(23-13-8-7-9-14-23)32-33-30(34)27-15-11-10-12-22(27)5;1-4(2)3;/h1-22H;1-24H;7-13,15,18-21H,16-17H2,1-5H3;3H2,1-2H3;/q;;-1;;. The molecule has 15 aromatic carbocycles. The Bertz CT molecular complexity index is 6800. The maximum absolute atomic E-state index is 7.72. The number of nitrogens with zero attached hydrogens (tertiary/aromatic N) is 8. The van der Waals surface area contributed by atoms with Crippen LogP contribution in [0.3, 0.4) is 0 Å². The van der Waals surface area contributed by atoms with E-state index in [0.29, 0.717) is 25.1 Å². The van der Waals surface area contributed by atoms with Crippen molar-refractivity contribution in [3.63, 3.8) is 0 Å². The molecule has 21 aromatic rings. The number of thiophene rings is 1. The monoisotopic (exact) mass is 1730 g/mol. The Morgan fingerprint density at radius 2 is 0.724 bits per heavy atom. The zero-order valence-electron chi connectivity index (χ0n) is 65.7. The van der Waals surface area contributed by atoms with Crippen LogP contribution in [0.4, 0.5) is 5.69 Å². The molecule has 0 aliphatic heterocycles. The van der Waals surface area contributed by atoms with E-state index in [4.69, 9.17) is 11.7 Å². The summed E-state index contributed by atoms with van der Waals surface area (Å²) in [5.74, 6) is 2.47. The summed E-state index contributed by atoms with van der Waals surface area (Å²) in [4.78, 5) is 3.81. The summed E-state index contributed by atoms with van der Waals surface area (Å²) in [5.41, 5.74) is 24.3. The van der Waals surface area contributed by atoms with E-state index < -0.39 is 0 Å². The fraction of sp³-hybridized carbons (Fsp3) is 0.106. The second-order valence-corrected chi connectivity index (χ2v) is 36.8. The Kier molecular flexibility index (Phi) is 21.8. The molecule has 0 saturated carbocycles. The zero-order chi connectivity index (χ0) is 78.4. The van der Waals surface area contributed by atoms with Crippen molar-refractivity contribution in [1.82, 2.24) is 33.0 Å². The summed E-state index contributed by atoms with van der Waals surface area (Å²) < 4.78 is 14.4. The molecule has 1 atom stereocenters. The molecule has 0 saturated heterocycles. The Morgan fingerprint density at radius 1 is 0.371 bits per heavy atom. The van der Waals surface area contributed by atoms with Gasteiger partial charge in [-0.05, 0) is 194 Å². The van der Waals surface area contributed by atoms with Gasteiger partial charge in [-0.3, -0.25) is 0 Å². The molecule has 1 unspecified atom stereocenters. The summed E-state index contributed by atoms with van der Waals surface area (Å²) in [6.07, 6.45) is 1.74. The van der Waals surface area contributed by atoms with Gasteiger partial charge < -0.3 is 22.8 Å². The largest absolute Gasteiger partial charge is 0.316 e. The first-order chi connectivity index (χ1) is 56.3. The molecule has 1 radical (unpaired) electrons. The van der Waals surface area contributed by atoms with Gasteiger partial charge in [0.1, 0.15) is 0 Å². The molecule has 0 N–H and O–H groups in total. The first kappa shape index (κ1) is 76.5. The Morgan fingerprint density at radius 3 is 1.11 bits per heavy atom. The number of hydrogen-bond acceptors (Lipinski definition) is 3. The maximum atomic E-state index is 7.72. The second-order valence-electron chi connectivity index (χ2n) is 30.7. The van der Waals surface area contributed by atoms with Crippen molar-refractivity contribution in [2.45, 2.75) is 47.5 Å². The molecule has 6 aromatic heterocycles. The van der Waals surface area contributed by atoms with Crippen LogP contribution in [-0.2, 0) is 32.9 Å². The number of aromatic nitrogens is 7. The van der Waals surface area contributed by atoms with E-state index in [-0.39, 0.29) is 20.1 Å². The van der Waals surface area contributed by atoms with Crippen LogP contribution in [-0.4, -0.2) is 46.4 Å². The molecule has 12 heteroatoms. The van der Waals surface area contributed by atoms with Crippen LogP contribution in [0.25, 0.3) is 175 Å². The summed E-state index contributed by atoms with van der Waals surface area (Å²) in [7, 11) is 3.02. The topological polar surface area (TPSA) is 54.8 Å². The van der Waals surface area contributed by atoms with Crippen molar-refractivity contribution in [3.05, 3.63) is 374 Å². The van der Waals surface area contributed by atoms with Crippen LogP contribution in [0.1, 0.15) is 44.4 Å². The first-order valence-electron chi connectivity index (χ1n) is 39.4. The quantitative estimate of drug-likeness (QED) is 0.0904. The SMILES string of the molecule is CP(C)P.[C-]#[N+]c1cc(CC(C)C)c(-n2c(-c3[c-]cccc3)nnc2-c2ccccc2C)c(CC(C)C)c1.[Ir].c1ccc(-n2c3ccccc3c3cc(-c4ccc5c(c4)c4ccccc4n5-c4ccccc4)ccc32)cc1.c1ccc2c(c1)c1ccccc1n2-c1ccc2sc3ccc(-n4c5ccccc5c5ccccc54)cc3c2c1. The van der Waals surface area contributed by atoms with Crippen molar-refractivity contribution in [2.24, 2.45) is 11.8 Å². The van der Waals surface area contributed by atoms with E-state index in [9.17, 15) is 0 Å². The number of hydrogen-bond donors (Lipinski definition) is 0. The van der Waals surface area contributed by atoms with Gasteiger partial charge in [0, 0.05) is 117 Å². The molecule has 6 heterocycles. The summed E-state index contributed by atoms with van der Waals surface area (Å²) in [6.45, 7) is 23.1. The molecular formula is C104H85IrN8P2S-. The van der Waals surface area contributed by atoms with Crippen LogP contribution >= 0.6 is 27.9 Å². The van der Waals surface area contributed by atoms with Crippen molar-refractivity contribution in [3.8, 4) is 62.3 Å². The van der Waals surface area contributed by atoms with Crippen molar-refractivity contribution >= 4 is 141 Å². The van der Waals surface area contributed by atoms with Crippen LogP contribution in [0, 0.1) is 31.4 Å². The molecule has 0 bridgehead atoms. The normalized spacial score (nSPS) is 11.5. The van der Waals surface area contributed by atoms with Crippen LogP contribution in [0.2, 0.25) is 0 Å². The molecule has 21 rings (SSSR count). The van der Waals surface area contributed by atoms with Gasteiger partial charge in [-0.2, -0.15) is 5.10 Å². The fourth-order valence-electron chi connectivity index (χ4n) is 16.9. The van der Waals surface area contributed by atoms with Gasteiger partial charge in [0.25, 0.3) is 0 Å². The number of aryl methyl sites for hydroxylation is 1. The van der Waals surface area contributed by atoms with Gasteiger partial charge in [0.2, 0.25) is 0 Å². The van der Waals surface area contributed by atoms with E-state index in [2.05, 4.69) is 387 Å². The van der Waals surface area contributed by atoms with E-state index in [1.54, 1.807) is 0 Å². The molecule has 0 aliphatic carbocycles. The van der Waals surface area contributed by atoms with Gasteiger partial charge in [0.15, 0.2) is 11.5 Å². The minimum Gasteiger partial charge on any atom is -0.316 e.